The molecule has 3 heteroatoms. The molecule has 0 spiro atoms. The van der Waals surface area contributed by atoms with Crippen LogP contribution >= 0.6 is 0 Å². The maximum atomic E-state index is 10.3. The first-order valence-electron chi connectivity index (χ1n) is 5.44. The summed E-state index contributed by atoms with van der Waals surface area (Å²) in [5.41, 5.74) is 1.67. The number of carbonyl (C=O) groups excluding carboxylic acids is 1. The van der Waals surface area contributed by atoms with Crippen LogP contribution in [0.1, 0.15) is 43.7 Å². The Bertz CT molecular complexity index is 377. The van der Waals surface area contributed by atoms with Crippen LogP contribution in [0, 0.1) is 0 Å². The standard InChI is InChI=1S/C12H14N2O/c15-9-14-11-7-4-8-13-12(11)10-5-2-1-3-6-10/h4,7-8,10H,1-3,5-6H2. The highest BCUT2D eigenvalue weighted by Gasteiger charge is 2.19. The van der Waals surface area contributed by atoms with Gasteiger partial charge in [0.25, 0.3) is 0 Å². The molecule has 3 nitrogen and oxygen atoms in total. The van der Waals surface area contributed by atoms with Gasteiger partial charge in [0.05, 0.1) is 11.4 Å². The van der Waals surface area contributed by atoms with Crippen LogP contribution in [0.4, 0.5) is 5.69 Å². The summed E-state index contributed by atoms with van der Waals surface area (Å²) in [7, 11) is 0. The molecule has 1 aliphatic carbocycles. The minimum absolute atomic E-state index is 0.479. The summed E-state index contributed by atoms with van der Waals surface area (Å²) in [4.78, 5) is 18.4. The second-order valence-electron chi connectivity index (χ2n) is 3.95. The topological polar surface area (TPSA) is 42.3 Å². The van der Waals surface area contributed by atoms with Crippen LogP contribution in [0.5, 0.6) is 0 Å². The van der Waals surface area contributed by atoms with Crippen molar-refractivity contribution in [3.63, 3.8) is 0 Å². The predicted octanol–water partition coefficient (Wildman–Crippen LogP) is 3.10. The Kier molecular flexibility index (Phi) is 3.25. The van der Waals surface area contributed by atoms with Gasteiger partial charge in [-0.1, -0.05) is 19.3 Å². The van der Waals surface area contributed by atoms with E-state index in [1.54, 1.807) is 12.3 Å². The second-order valence-corrected chi connectivity index (χ2v) is 3.95. The van der Waals surface area contributed by atoms with E-state index < -0.39 is 0 Å². The van der Waals surface area contributed by atoms with E-state index in [9.17, 15) is 4.79 Å². The Balaban J connectivity index is 2.28. The average molecular weight is 202 g/mol. The summed E-state index contributed by atoms with van der Waals surface area (Å²) in [6.07, 6.45) is 9.53. The van der Waals surface area contributed by atoms with E-state index >= 15 is 0 Å². The molecule has 1 aromatic heterocycles. The first-order valence-corrected chi connectivity index (χ1v) is 5.44. The summed E-state index contributed by atoms with van der Waals surface area (Å²) in [5.74, 6) is 0.479. The molecule has 0 amide bonds. The molecule has 1 aromatic rings. The summed E-state index contributed by atoms with van der Waals surface area (Å²) >= 11 is 0. The monoisotopic (exact) mass is 202 g/mol. The van der Waals surface area contributed by atoms with Crippen LogP contribution in [0.3, 0.4) is 0 Å². The van der Waals surface area contributed by atoms with Gasteiger partial charge in [0.2, 0.25) is 6.08 Å². The number of isocyanates is 1. The van der Waals surface area contributed by atoms with Gasteiger partial charge < -0.3 is 0 Å². The highest BCUT2D eigenvalue weighted by molar-refractivity contribution is 5.52. The fourth-order valence-corrected chi connectivity index (χ4v) is 2.24. The van der Waals surface area contributed by atoms with E-state index in [0.717, 1.165) is 5.69 Å². The Hall–Kier alpha value is -1.47. The Morgan fingerprint density at radius 1 is 1.33 bits per heavy atom. The summed E-state index contributed by atoms with van der Waals surface area (Å²) in [5, 5.41) is 0. The van der Waals surface area contributed by atoms with Crippen LogP contribution in [0.2, 0.25) is 0 Å². The van der Waals surface area contributed by atoms with Crippen LogP contribution < -0.4 is 0 Å². The van der Waals surface area contributed by atoms with Gasteiger partial charge in [-0.2, -0.15) is 4.99 Å². The molecule has 0 aromatic carbocycles. The van der Waals surface area contributed by atoms with Crippen molar-refractivity contribution in [2.75, 3.05) is 0 Å². The lowest BCUT2D eigenvalue weighted by Crippen LogP contribution is -2.06. The molecule has 78 valence electrons. The molecule has 1 aliphatic rings. The molecular formula is C12H14N2O. The molecule has 15 heavy (non-hydrogen) atoms. The highest BCUT2D eigenvalue weighted by atomic mass is 16.1. The number of nitrogens with zero attached hydrogens (tertiary/aromatic N) is 2. The van der Waals surface area contributed by atoms with Gasteiger partial charge in [0.1, 0.15) is 0 Å². The van der Waals surface area contributed by atoms with Gasteiger partial charge in [-0.05, 0) is 25.0 Å². The van der Waals surface area contributed by atoms with E-state index in [1.165, 1.54) is 32.1 Å². The first kappa shape index (κ1) is 10.1. The molecule has 0 bridgehead atoms. The number of aliphatic imine (C=N–C) groups is 1. The molecule has 1 heterocycles. The first-order chi connectivity index (χ1) is 7.42. The van der Waals surface area contributed by atoms with Crippen LogP contribution in [0.25, 0.3) is 0 Å². The molecule has 2 rings (SSSR count). The predicted molar refractivity (Wildman–Crippen MR) is 57.8 cm³/mol. The molecule has 0 aliphatic heterocycles. The van der Waals surface area contributed by atoms with E-state index in [2.05, 4.69) is 9.98 Å². The fourth-order valence-electron chi connectivity index (χ4n) is 2.24. The number of rotatable bonds is 2. The molecule has 1 saturated carbocycles. The molecule has 1 fully saturated rings. The van der Waals surface area contributed by atoms with Crippen molar-refractivity contribution in [3.8, 4) is 0 Å². The van der Waals surface area contributed by atoms with E-state index in [4.69, 9.17) is 0 Å². The Labute approximate surface area is 89.3 Å². The second kappa shape index (κ2) is 4.85. The number of hydrogen-bond donors (Lipinski definition) is 0. The maximum absolute atomic E-state index is 10.3. The van der Waals surface area contributed by atoms with Gasteiger partial charge in [0, 0.05) is 12.1 Å². The lowest BCUT2D eigenvalue weighted by Gasteiger charge is -2.21. The van der Waals surface area contributed by atoms with Gasteiger partial charge in [-0.3, -0.25) is 4.98 Å². The van der Waals surface area contributed by atoms with E-state index in [0.29, 0.717) is 11.6 Å². The Morgan fingerprint density at radius 2 is 2.13 bits per heavy atom. The normalized spacial score (nSPS) is 17.1. The zero-order valence-corrected chi connectivity index (χ0v) is 8.65. The van der Waals surface area contributed by atoms with E-state index in [1.807, 2.05) is 12.1 Å². The van der Waals surface area contributed by atoms with E-state index in [-0.39, 0.29) is 0 Å². The largest absolute Gasteiger partial charge is 0.259 e. The van der Waals surface area contributed by atoms with Crippen molar-refractivity contribution in [2.45, 2.75) is 38.0 Å². The summed E-state index contributed by atoms with van der Waals surface area (Å²) in [6, 6.07) is 3.64. The zero-order chi connectivity index (χ0) is 10.5. The molecule has 0 atom stereocenters. The van der Waals surface area contributed by atoms with Gasteiger partial charge in [-0.25, -0.2) is 4.79 Å². The van der Waals surface area contributed by atoms with Crippen molar-refractivity contribution < 1.29 is 4.79 Å². The lowest BCUT2D eigenvalue weighted by atomic mass is 9.86. The minimum atomic E-state index is 0.479. The van der Waals surface area contributed by atoms with Gasteiger partial charge in [0.15, 0.2) is 0 Å². The number of aromatic nitrogens is 1. The third kappa shape index (κ3) is 2.31. The van der Waals surface area contributed by atoms with Crippen molar-refractivity contribution in [1.82, 2.24) is 4.98 Å². The van der Waals surface area contributed by atoms with Crippen LogP contribution in [-0.4, -0.2) is 11.1 Å². The molecule has 0 radical (unpaired) electrons. The molecule has 0 saturated heterocycles. The van der Waals surface area contributed by atoms with Crippen molar-refractivity contribution in [2.24, 2.45) is 4.99 Å². The van der Waals surface area contributed by atoms with Crippen molar-refractivity contribution in [3.05, 3.63) is 24.0 Å². The van der Waals surface area contributed by atoms with Crippen LogP contribution in [0.15, 0.2) is 23.3 Å². The van der Waals surface area contributed by atoms with Gasteiger partial charge >= 0.3 is 0 Å². The molecule has 0 N–H and O–H groups in total. The van der Waals surface area contributed by atoms with Crippen molar-refractivity contribution in [1.29, 1.82) is 0 Å². The fraction of sp³-hybridized carbons (Fsp3) is 0.500. The minimum Gasteiger partial charge on any atom is -0.259 e. The zero-order valence-electron chi connectivity index (χ0n) is 8.65. The Morgan fingerprint density at radius 3 is 2.87 bits per heavy atom. The van der Waals surface area contributed by atoms with Gasteiger partial charge in [-0.15, -0.1) is 0 Å². The molecule has 0 unspecified atom stereocenters. The smallest absolute Gasteiger partial charge is 0.240 e. The highest BCUT2D eigenvalue weighted by Crippen LogP contribution is 2.35. The molecular weight excluding hydrogens is 188 g/mol. The van der Waals surface area contributed by atoms with Crippen molar-refractivity contribution >= 4 is 11.8 Å². The maximum Gasteiger partial charge on any atom is 0.240 e. The summed E-state index contributed by atoms with van der Waals surface area (Å²) in [6.45, 7) is 0. The summed E-state index contributed by atoms with van der Waals surface area (Å²) < 4.78 is 0. The lowest BCUT2D eigenvalue weighted by molar-refractivity contribution is 0.437. The SMILES string of the molecule is O=C=Nc1cccnc1C1CCCCC1. The third-order valence-electron chi connectivity index (χ3n) is 2.97. The average Bonchev–Trinajstić information content (AvgIpc) is 2.31. The number of hydrogen-bond acceptors (Lipinski definition) is 3. The number of pyridine rings is 1. The third-order valence-corrected chi connectivity index (χ3v) is 2.97. The quantitative estimate of drug-likeness (QED) is 0.546. The van der Waals surface area contributed by atoms with Crippen LogP contribution in [-0.2, 0) is 4.79 Å².